The summed E-state index contributed by atoms with van der Waals surface area (Å²) in [5, 5.41) is 14.1. The predicted molar refractivity (Wildman–Crippen MR) is 91.8 cm³/mol. The summed E-state index contributed by atoms with van der Waals surface area (Å²) >= 11 is 0. The van der Waals surface area contributed by atoms with Crippen molar-refractivity contribution in [3.8, 4) is 0 Å². The summed E-state index contributed by atoms with van der Waals surface area (Å²) in [5.41, 5.74) is 0.400. The minimum absolute atomic E-state index is 0.0635. The van der Waals surface area contributed by atoms with Crippen LogP contribution in [-0.2, 0) is 10.0 Å². The highest BCUT2D eigenvalue weighted by molar-refractivity contribution is 7.89. The van der Waals surface area contributed by atoms with Crippen LogP contribution in [0.25, 0.3) is 0 Å². The van der Waals surface area contributed by atoms with Gasteiger partial charge in [-0.2, -0.15) is 0 Å². The second kappa shape index (κ2) is 7.75. The third-order valence-corrected chi connectivity index (χ3v) is 6.16. The molecule has 6 heteroatoms. The molecular formula is C17H28N2O3S. The molecule has 0 saturated heterocycles. The molecule has 1 aliphatic rings. The summed E-state index contributed by atoms with van der Waals surface area (Å²) in [6.45, 7) is 2.60. The smallest absolute Gasteiger partial charge is 0.240 e. The zero-order valence-electron chi connectivity index (χ0n) is 14.0. The van der Waals surface area contributed by atoms with Gasteiger partial charge in [-0.25, -0.2) is 13.1 Å². The third kappa shape index (κ3) is 5.01. The zero-order chi connectivity index (χ0) is 16.9. The molecule has 0 aromatic heterocycles. The molecule has 1 fully saturated rings. The van der Waals surface area contributed by atoms with E-state index in [9.17, 15) is 13.5 Å². The first-order valence-corrected chi connectivity index (χ1v) is 9.84. The molecule has 1 saturated carbocycles. The second-order valence-corrected chi connectivity index (χ2v) is 8.40. The number of benzene rings is 1. The Morgan fingerprint density at radius 2 is 1.70 bits per heavy atom. The van der Waals surface area contributed by atoms with E-state index in [1.54, 1.807) is 12.1 Å². The number of hydrogen-bond acceptors (Lipinski definition) is 4. The Bertz CT molecular complexity index is 591. The fourth-order valence-electron chi connectivity index (χ4n) is 3.08. The Balaban J connectivity index is 1.96. The molecule has 2 rings (SSSR count). The molecule has 0 aliphatic heterocycles. The molecule has 23 heavy (non-hydrogen) atoms. The molecule has 0 radical (unpaired) electrons. The Hall–Kier alpha value is -0.950. The zero-order valence-corrected chi connectivity index (χ0v) is 14.8. The maximum atomic E-state index is 11.7. The van der Waals surface area contributed by atoms with Crippen LogP contribution in [0.5, 0.6) is 0 Å². The van der Waals surface area contributed by atoms with Crippen molar-refractivity contribution in [1.29, 1.82) is 0 Å². The van der Waals surface area contributed by atoms with E-state index < -0.39 is 15.6 Å². The van der Waals surface area contributed by atoms with E-state index in [4.69, 9.17) is 0 Å². The van der Waals surface area contributed by atoms with Crippen molar-refractivity contribution in [3.63, 3.8) is 0 Å². The monoisotopic (exact) mass is 340 g/mol. The Morgan fingerprint density at radius 1 is 1.13 bits per heavy atom. The van der Waals surface area contributed by atoms with Crippen LogP contribution >= 0.6 is 0 Å². The lowest BCUT2D eigenvalue weighted by molar-refractivity contribution is 0.0231. The summed E-state index contributed by atoms with van der Waals surface area (Å²) in [5.74, 6) is 0. The average molecular weight is 340 g/mol. The molecule has 1 atom stereocenters. The van der Waals surface area contributed by atoms with Gasteiger partial charge in [-0.15, -0.1) is 0 Å². The molecular weight excluding hydrogens is 312 g/mol. The molecule has 0 bridgehead atoms. The van der Waals surface area contributed by atoms with Gasteiger partial charge in [0.15, 0.2) is 0 Å². The Morgan fingerprint density at radius 3 is 2.22 bits per heavy atom. The highest BCUT2D eigenvalue weighted by atomic mass is 32.2. The summed E-state index contributed by atoms with van der Waals surface area (Å²) in [7, 11) is -1.99. The van der Waals surface area contributed by atoms with Crippen molar-refractivity contribution in [1.82, 2.24) is 10.0 Å². The van der Waals surface area contributed by atoms with Crippen LogP contribution in [0.2, 0.25) is 0 Å². The first-order chi connectivity index (χ1) is 10.9. The summed E-state index contributed by atoms with van der Waals surface area (Å²) in [6.07, 6.45) is 6.29. The molecule has 0 spiro atoms. The van der Waals surface area contributed by atoms with E-state index >= 15 is 0 Å². The normalized spacial score (nSPS) is 20.0. The van der Waals surface area contributed by atoms with Gasteiger partial charge in [-0.1, -0.05) is 37.8 Å². The fraction of sp³-hybridized carbons (Fsp3) is 0.647. The van der Waals surface area contributed by atoms with Crippen LogP contribution in [0.3, 0.4) is 0 Å². The largest absolute Gasteiger partial charge is 0.389 e. The van der Waals surface area contributed by atoms with Crippen molar-refractivity contribution in [3.05, 3.63) is 29.8 Å². The minimum Gasteiger partial charge on any atom is -0.389 e. The molecule has 5 nitrogen and oxygen atoms in total. The first-order valence-electron chi connectivity index (χ1n) is 8.36. The molecule has 1 aromatic carbocycles. The van der Waals surface area contributed by atoms with Crippen LogP contribution in [-0.4, -0.2) is 32.7 Å². The van der Waals surface area contributed by atoms with Gasteiger partial charge in [-0.05, 0) is 44.5 Å². The number of nitrogens with one attached hydrogen (secondary N) is 2. The van der Waals surface area contributed by atoms with Crippen molar-refractivity contribution in [2.75, 3.05) is 13.6 Å². The van der Waals surface area contributed by atoms with Gasteiger partial charge < -0.3 is 10.4 Å². The maximum absolute atomic E-state index is 11.7. The highest BCUT2D eigenvalue weighted by Gasteiger charge is 2.28. The summed E-state index contributed by atoms with van der Waals surface area (Å²) in [4.78, 5) is 0.262. The van der Waals surface area contributed by atoms with Crippen molar-refractivity contribution < 1.29 is 13.5 Å². The highest BCUT2D eigenvalue weighted by Crippen LogP contribution is 2.27. The SMILES string of the molecule is CNS(=O)(=O)c1ccc(C(C)NCC2(O)CCCCCC2)cc1. The summed E-state index contributed by atoms with van der Waals surface area (Å²) < 4.78 is 25.8. The van der Waals surface area contributed by atoms with Gasteiger partial charge >= 0.3 is 0 Å². The molecule has 1 aromatic rings. The van der Waals surface area contributed by atoms with Crippen molar-refractivity contribution in [2.45, 2.75) is 62.0 Å². The lowest BCUT2D eigenvalue weighted by Gasteiger charge is -2.29. The van der Waals surface area contributed by atoms with E-state index in [0.717, 1.165) is 31.2 Å². The van der Waals surface area contributed by atoms with E-state index in [2.05, 4.69) is 10.0 Å². The average Bonchev–Trinajstić information content (AvgIpc) is 2.78. The molecule has 0 amide bonds. The first kappa shape index (κ1) is 18.4. The van der Waals surface area contributed by atoms with Crippen LogP contribution in [0, 0.1) is 0 Å². The van der Waals surface area contributed by atoms with E-state index in [1.807, 2.05) is 19.1 Å². The molecule has 0 heterocycles. The Labute approximate surface area is 139 Å². The summed E-state index contributed by atoms with van der Waals surface area (Å²) in [6, 6.07) is 6.92. The standard InChI is InChI=1S/C17H28N2O3S/c1-14(19-13-17(20)11-5-3-4-6-12-17)15-7-9-16(10-8-15)23(21,22)18-2/h7-10,14,18-20H,3-6,11-13H2,1-2H3. The third-order valence-electron chi connectivity index (χ3n) is 4.73. The van der Waals surface area contributed by atoms with Gasteiger partial charge in [0.25, 0.3) is 0 Å². The fourth-order valence-corrected chi connectivity index (χ4v) is 3.81. The van der Waals surface area contributed by atoms with Gasteiger partial charge in [0.2, 0.25) is 10.0 Å². The lowest BCUT2D eigenvalue weighted by atomic mass is 9.94. The van der Waals surface area contributed by atoms with Crippen LogP contribution in [0.4, 0.5) is 0 Å². The van der Waals surface area contributed by atoms with E-state index in [0.29, 0.717) is 6.54 Å². The maximum Gasteiger partial charge on any atom is 0.240 e. The van der Waals surface area contributed by atoms with Gasteiger partial charge in [0.1, 0.15) is 0 Å². The number of sulfonamides is 1. The minimum atomic E-state index is -3.39. The topological polar surface area (TPSA) is 78.4 Å². The lowest BCUT2D eigenvalue weighted by Crippen LogP contribution is -2.41. The molecule has 1 aliphatic carbocycles. The Kier molecular flexibility index (Phi) is 6.19. The van der Waals surface area contributed by atoms with Crippen LogP contribution in [0.15, 0.2) is 29.2 Å². The molecule has 1 unspecified atom stereocenters. The van der Waals surface area contributed by atoms with Crippen molar-refractivity contribution in [2.24, 2.45) is 0 Å². The van der Waals surface area contributed by atoms with Crippen LogP contribution < -0.4 is 10.0 Å². The van der Waals surface area contributed by atoms with Gasteiger partial charge in [0.05, 0.1) is 10.5 Å². The van der Waals surface area contributed by atoms with Gasteiger partial charge in [-0.3, -0.25) is 0 Å². The van der Waals surface area contributed by atoms with Crippen molar-refractivity contribution >= 4 is 10.0 Å². The van der Waals surface area contributed by atoms with E-state index in [1.165, 1.54) is 19.9 Å². The number of hydrogen-bond donors (Lipinski definition) is 3. The number of rotatable bonds is 6. The van der Waals surface area contributed by atoms with Gasteiger partial charge in [0, 0.05) is 12.6 Å². The molecule has 130 valence electrons. The quantitative estimate of drug-likeness (QED) is 0.695. The van der Waals surface area contributed by atoms with Crippen LogP contribution in [0.1, 0.15) is 57.1 Å². The van der Waals surface area contributed by atoms with E-state index in [-0.39, 0.29) is 10.9 Å². The number of aliphatic hydroxyl groups is 1. The second-order valence-electron chi connectivity index (χ2n) is 6.52. The molecule has 3 N–H and O–H groups in total. The predicted octanol–water partition coefficient (Wildman–Crippen LogP) is 2.33.